The normalized spacial score (nSPS) is 13.8. The van der Waals surface area contributed by atoms with Crippen molar-refractivity contribution in [3.05, 3.63) is 23.8 Å². The van der Waals surface area contributed by atoms with Gasteiger partial charge in [0.25, 0.3) is 0 Å². The Balaban J connectivity index is 0.00000220. The van der Waals surface area contributed by atoms with Crippen molar-refractivity contribution in [1.29, 1.82) is 0 Å². The average molecular weight is 413 g/mol. The number of ether oxygens (including phenoxy) is 2. The van der Waals surface area contributed by atoms with Gasteiger partial charge in [0, 0.05) is 31.3 Å². The molecule has 1 aliphatic rings. The van der Waals surface area contributed by atoms with Crippen LogP contribution in [0.3, 0.4) is 0 Å². The molecule has 0 radical (unpaired) electrons. The van der Waals surface area contributed by atoms with Crippen LogP contribution in [0.25, 0.3) is 0 Å². The van der Waals surface area contributed by atoms with Gasteiger partial charge in [-0.15, -0.1) is 24.0 Å². The van der Waals surface area contributed by atoms with Crippen molar-refractivity contribution in [2.75, 3.05) is 20.2 Å². The van der Waals surface area contributed by atoms with Crippen molar-refractivity contribution in [1.82, 2.24) is 10.6 Å². The zero-order chi connectivity index (χ0) is 14.4. The summed E-state index contributed by atoms with van der Waals surface area (Å²) in [6, 6.07) is 4.83. The molecule has 0 aromatic heterocycles. The lowest BCUT2D eigenvalue weighted by Gasteiger charge is -2.17. The quantitative estimate of drug-likeness (QED) is 0.728. The van der Waals surface area contributed by atoms with Crippen molar-refractivity contribution in [2.45, 2.75) is 19.6 Å². The third-order valence-electron chi connectivity index (χ3n) is 2.83. The van der Waals surface area contributed by atoms with E-state index in [0.717, 1.165) is 19.5 Å². The highest BCUT2D eigenvalue weighted by Gasteiger charge is 2.12. The summed E-state index contributed by atoms with van der Waals surface area (Å²) in [7, 11) is 1.47. The molecule has 0 saturated heterocycles. The molecule has 1 aromatic carbocycles. The molecule has 118 valence electrons. The van der Waals surface area contributed by atoms with Crippen LogP contribution < -0.4 is 20.1 Å². The zero-order valence-electron chi connectivity index (χ0n) is 11.6. The SMILES string of the molecule is COc1ccc(CNC2=NCCCN2)c(OC(F)F)c1.I. The van der Waals surface area contributed by atoms with Crippen LogP contribution in [0.4, 0.5) is 8.78 Å². The van der Waals surface area contributed by atoms with Crippen molar-refractivity contribution in [3.8, 4) is 11.5 Å². The molecule has 0 unspecified atom stereocenters. The van der Waals surface area contributed by atoms with Crippen LogP contribution >= 0.6 is 24.0 Å². The number of benzene rings is 1. The maximum absolute atomic E-state index is 12.4. The van der Waals surface area contributed by atoms with Crippen LogP contribution in [-0.2, 0) is 6.54 Å². The molecule has 2 N–H and O–H groups in total. The van der Waals surface area contributed by atoms with E-state index < -0.39 is 6.61 Å². The van der Waals surface area contributed by atoms with Gasteiger partial charge in [0.15, 0.2) is 5.96 Å². The number of halogens is 3. The number of nitrogens with zero attached hydrogens (tertiary/aromatic N) is 1. The first-order chi connectivity index (χ1) is 9.69. The van der Waals surface area contributed by atoms with Gasteiger partial charge in [0.2, 0.25) is 0 Å². The molecule has 1 aliphatic heterocycles. The Bertz CT molecular complexity index is 486. The molecule has 0 bridgehead atoms. The summed E-state index contributed by atoms with van der Waals surface area (Å²) in [5.74, 6) is 1.25. The number of guanidine groups is 1. The Morgan fingerprint density at radius 1 is 1.43 bits per heavy atom. The number of hydrogen-bond donors (Lipinski definition) is 2. The number of rotatable bonds is 5. The predicted octanol–water partition coefficient (Wildman–Crippen LogP) is 2.35. The summed E-state index contributed by atoms with van der Waals surface area (Å²) in [5.41, 5.74) is 0.612. The van der Waals surface area contributed by atoms with E-state index in [1.165, 1.54) is 13.2 Å². The van der Waals surface area contributed by atoms with E-state index in [2.05, 4.69) is 20.4 Å². The molecule has 5 nitrogen and oxygen atoms in total. The lowest BCUT2D eigenvalue weighted by atomic mass is 10.2. The summed E-state index contributed by atoms with van der Waals surface area (Å²) in [4.78, 5) is 4.25. The minimum Gasteiger partial charge on any atom is -0.497 e. The number of alkyl halides is 2. The smallest absolute Gasteiger partial charge is 0.387 e. The van der Waals surface area contributed by atoms with Crippen LogP contribution in [0.15, 0.2) is 23.2 Å². The molecule has 0 fully saturated rings. The third-order valence-corrected chi connectivity index (χ3v) is 2.83. The van der Waals surface area contributed by atoms with Crippen molar-refractivity contribution >= 4 is 29.9 Å². The van der Waals surface area contributed by atoms with Gasteiger partial charge in [-0.25, -0.2) is 0 Å². The summed E-state index contributed by atoms with van der Waals surface area (Å²) in [5, 5.41) is 6.16. The van der Waals surface area contributed by atoms with Crippen LogP contribution in [-0.4, -0.2) is 32.8 Å². The molecule has 0 saturated carbocycles. The first-order valence-corrected chi connectivity index (χ1v) is 6.33. The van der Waals surface area contributed by atoms with Crippen LogP contribution in [0.5, 0.6) is 11.5 Å². The molecule has 21 heavy (non-hydrogen) atoms. The molecular formula is C13H18F2IN3O2. The van der Waals surface area contributed by atoms with E-state index in [9.17, 15) is 8.78 Å². The van der Waals surface area contributed by atoms with E-state index in [-0.39, 0.29) is 29.7 Å². The number of hydrogen-bond acceptors (Lipinski definition) is 5. The van der Waals surface area contributed by atoms with Crippen LogP contribution in [0, 0.1) is 0 Å². The van der Waals surface area contributed by atoms with Crippen molar-refractivity contribution in [2.24, 2.45) is 4.99 Å². The van der Waals surface area contributed by atoms with E-state index >= 15 is 0 Å². The average Bonchev–Trinajstić information content (AvgIpc) is 2.46. The summed E-state index contributed by atoms with van der Waals surface area (Å²) < 4.78 is 34.3. The highest BCUT2D eigenvalue weighted by Crippen LogP contribution is 2.26. The van der Waals surface area contributed by atoms with Crippen molar-refractivity contribution < 1.29 is 18.3 Å². The van der Waals surface area contributed by atoms with E-state index in [1.54, 1.807) is 12.1 Å². The highest BCUT2D eigenvalue weighted by atomic mass is 127. The Morgan fingerprint density at radius 3 is 2.86 bits per heavy atom. The maximum atomic E-state index is 12.4. The lowest BCUT2D eigenvalue weighted by molar-refractivity contribution is -0.0505. The summed E-state index contributed by atoms with van der Waals surface area (Å²) in [6.45, 7) is -0.906. The van der Waals surface area contributed by atoms with Gasteiger partial charge in [0.1, 0.15) is 11.5 Å². The second-order valence-corrected chi connectivity index (χ2v) is 4.22. The maximum Gasteiger partial charge on any atom is 0.387 e. The van der Waals surface area contributed by atoms with Gasteiger partial charge in [0.05, 0.1) is 7.11 Å². The first-order valence-electron chi connectivity index (χ1n) is 6.33. The third kappa shape index (κ3) is 5.52. The fourth-order valence-corrected chi connectivity index (χ4v) is 1.84. The molecule has 0 atom stereocenters. The van der Waals surface area contributed by atoms with E-state index in [1.807, 2.05) is 0 Å². The summed E-state index contributed by atoms with van der Waals surface area (Å²) >= 11 is 0. The Kier molecular flexibility index (Phi) is 7.48. The first kappa shape index (κ1) is 17.7. The molecule has 2 rings (SSSR count). The summed E-state index contributed by atoms with van der Waals surface area (Å²) in [6.07, 6.45) is 0.994. The number of nitrogens with one attached hydrogen (secondary N) is 2. The second kappa shape index (κ2) is 8.85. The predicted molar refractivity (Wildman–Crippen MR) is 86.8 cm³/mol. The topological polar surface area (TPSA) is 54.9 Å². The molecule has 0 spiro atoms. The fourth-order valence-electron chi connectivity index (χ4n) is 1.84. The minimum absolute atomic E-state index is 0. The number of aliphatic imine (C=N–C) groups is 1. The van der Waals surface area contributed by atoms with Gasteiger partial charge in [-0.1, -0.05) is 0 Å². The van der Waals surface area contributed by atoms with Crippen molar-refractivity contribution in [3.63, 3.8) is 0 Å². The standard InChI is InChI=1S/C13H17F2N3O2.HI/c1-19-10-4-3-9(11(7-10)20-12(14)15)8-18-13-16-5-2-6-17-13;/h3-4,7,12H,2,5-6,8H2,1H3,(H2,16,17,18);1H. The molecule has 8 heteroatoms. The molecular weight excluding hydrogens is 395 g/mol. The zero-order valence-corrected chi connectivity index (χ0v) is 13.9. The Morgan fingerprint density at radius 2 is 2.24 bits per heavy atom. The van der Waals surface area contributed by atoms with E-state index in [4.69, 9.17) is 4.74 Å². The van der Waals surface area contributed by atoms with Gasteiger partial charge in [-0.3, -0.25) is 4.99 Å². The molecule has 0 aliphatic carbocycles. The largest absolute Gasteiger partial charge is 0.497 e. The molecule has 1 aromatic rings. The lowest BCUT2D eigenvalue weighted by Crippen LogP contribution is -2.40. The number of methoxy groups -OCH3 is 1. The van der Waals surface area contributed by atoms with Gasteiger partial charge in [-0.2, -0.15) is 8.78 Å². The van der Waals surface area contributed by atoms with E-state index in [0.29, 0.717) is 23.8 Å². The second-order valence-electron chi connectivity index (χ2n) is 4.22. The van der Waals surface area contributed by atoms with Gasteiger partial charge < -0.3 is 20.1 Å². The van der Waals surface area contributed by atoms with Gasteiger partial charge >= 0.3 is 6.61 Å². The van der Waals surface area contributed by atoms with Gasteiger partial charge in [-0.05, 0) is 18.6 Å². The Hall–Kier alpha value is -1.32. The van der Waals surface area contributed by atoms with Crippen LogP contribution in [0.2, 0.25) is 0 Å². The molecule has 1 heterocycles. The highest BCUT2D eigenvalue weighted by molar-refractivity contribution is 14.0. The Labute approximate surface area is 139 Å². The molecule has 0 amide bonds. The van der Waals surface area contributed by atoms with Crippen LogP contribution in [0.1, 0.15) is 12.0 Å². The monoisotopic (exact) mass is 413 g/mol. The minimum atomic E-state index is -2.87. The fraction of sp³-hybridized carbons (Fsp3) is 0.462.